The smallest absolute Gasteiger partial charge is 0.416 e. The highest BCUT2D eigenvalue weighted by Crippen LogP contribution is 2.30. The second-order valence-electron chi connectivity index (χ2n) is 3.21. The number of carboxylic acids is 1. The van der Waals surface area contributed by atoms with Gasteiger partial charge >= 0.3 is 12.1 Å². The van der Waals surface area contributed by atoms with E-state index in [-0.39, 0.29) is 0 Å². The van der Waals surface area contributed by atoms with Gasteiger partial charge in [-0.1, -0.05) is 6.07 Å². The van der Waals surface area contributed by atoms with Crippen LogP contribution in [0.15, 0.2) is 40.6 Å². The minimum atomic E-state index is -4.66. The lowest BCUT2D eigenvalue weighted by molar-refractivity contribution is -0.137. The fourth-order valence-electron chi connectivity index (χ4n) is 1.08. The van der Waals surface area contributed by atoms with Gasteiger partial charge in [-0.3, -0.25) is 0 Å². The van der Waals surface area contributed by atoms with Gasteiger partial charge in [0.15, 0.2) is 9.84 Å². The van der Waals surface area contributed by atoms with Crippen molar-refractivity contribution in [2.45, 2.75) is 11.1 Å². The van der Waals surface area contributed by atoms with Gasteiger partial charge < -0.3 is 5.11 Å². The molecule has 0 aromatic heterocycles. The Morgan fingerprint density at radius 1 is 1.28 bits per heavy atom. The molecule has 0 bridgehead atoms. The average molecular weight is 280 g/mol. The fraction of sp³-hybridized carbons (Fsp3) is 0.100. The largest absolute Gasteiger partial charge is 0.478 e. The molecular formula is C10H7F3O4S. The van der Waals surface area contributed by atoms with Gasteiger partial charge in [-0.2, -0.15) is 13.2 Å². The molecule has 0 aliphatic heterocycles. The topological polar surface area (TPSA) is 71.4 Å². The number of carboxylic acid groups (broad SMARTS) is 1. The lowest BCUT2D eigenvalue weighted by Crippen LogP contribution is -2.07. The number of hydrogen-bond donors (Lipinski definition) is 1. The Kier molecular flexibility index (Phi) is 3.80. The molecule has 0 unspecified atom stereocenters. The summed E-state index contributed by atoms with van der Waals surface area (Å²) in [4.78, 5) is 9.56. The molecule has 0 heterocycles. The highest BCUT2D eigenvalue weighted by molar-refractivity contribution is 7.94. The number of alkyl halides is 3. The first kappa shape index (κ1) is 14.2. The van der Waals surface area contributed by atoms with Crippen molar-refractivity contribution in [1.29, 1.82) is 0 Å². The molecule has 0 aliphatic rings. The minimum absolute atomic E-state index is 0.338. The maximum absolute atomic E-state index is 12.4. The first-order valence-electron chi connectivity index (χ1n) is 4.46. The van der Waals surface area contributed by atoms with Crippen LogP contribution in [0.25, 0.3) is 0 Å². The van der Waals surface area contributed by atoms with E-state index in [0.717, 1.165) is 18.2 Å². The number of carbonyl (C=O) groups is 1. The summed E-state index contributed by atoms with van der Waals surface area (Å²) in [6.45, 7) is 0. The molecule has 18 heavy (non-hydrogen) atoms. The molecule has 0 amide bonds. The van der Waals surface area contributed by atoms with Crippen LogP contribution in [0.2, 0.25) is 0 Å². The van der Waals surface area contributed by atoms with Gasteiger partial charge in [-0.25, -0.2) is 13.2 Å². The molecule has 0 aliphatic carbocycles. The normalized spacial score (nSPS) is 12.8. The molecule has 1 N–H and O–H groups in total. The van der Waals surface area contributed by atoms with Crippen LogP contribution in [0.1, 0.15) is 5.56 Å². The first-order valence-corrected chi connectivity index (χ1v) is 6.01. The number of sulfone groups is 1. The molecule has 1 aromatic rings. The molecule has 1 aromatic carbocycles. The number of benzene rings is 1. The molecule has 0 fully saturated rings. The summed E-state index contributed by atoms with van der Waals surface area (Å²) in [5, 5.41) is 8.61. The van der Waals surface area contributed by atoms with Crippen molar-refractivity contribution in [3.63, 3.8) is 0 Å². The van der Waals surface area contributed by atoms with Gasteiger partial charge in [0.05, 0.1) is 10.5 Å². The summed E-state index contributed by atoms with van der Waals surface area (Å²) in [6.07, 6.45) is -4.32. The van der Waals surface area contributed by atoms with Gasteiger partial charge in [0.25, 0.3) is 0 Å². The summed E-state index contributed by atoms with van der Waals surface area (Å²) in [5.41, 5.74) is -1.12. The molecule has 98 valence electrons. The molecule has 0 atom stereocenters. The maximum Gasteiger partial charge on any atom is 0.416 e. The van der Waals surface area contributed by atoms with E-state index in [1.165, 1.54) is 0 Å². The van der Waals surface area contributed by atoms with Crippen molar-refractivity contribution in [2.24, 2.45) is 0 Å². The molecule has 8 heteroatoms. The SMILES string of the molecule is O=C(O)/C=C/S(=O)(=O)c1cccc(C(F)(F)F)c1. The van der Waals surface area contributed by atoms with Crippen molar-refractivity contribution in [1.82, 2.24) is 0 Å². The summed E-state index contributed by atoms with van der Waals surface area (Å²) >= 11 is 0. The van der Waals surface area contributed by atoms with Crippen LogP contribution in [-0.2, 0) is 20.8 Å². The van der Waals surface area contributed by atoms with Crippen molar-refractivity contribution in [2.75, 3.05) is 0 Å². The van der Waals surface area contributed by atoms with Crippen molar-refractivity contribution in [3.8, 4) is 0 Å². The molecule has 1 rings (SSSR count). The molecule has 0 saturated heterocycles. The summed E-state index contributed by atoms with van der Waals surface area (Å²) in [7, 11) is -4.20. The highest BCUT2D eigenvalue weighted by Gasteiger charge is 2.31. The van der Waals surface area contributed by atoms with Crippen LogP contribution >= 0.6 is 0 Å². The Balaban J connectivity index is 3.23. The molecule has 0 radical (unpaired) electrons. The molecule has 0 spiro atoms. The van der Waals surface area contributed by atoms with Crippen LogP contribution in [0.3, 0.4) is 0 Å². The van der Waals surface area contributed by atoms with Gasteiger partial charge in [0.2, 0.25) is 0 Å². The van der Waals surface area contributed by atoms with Crippen LogP contribution in [0.5, 0.6) is 0 Å². The summed E-state index contributed by atoms with van der Waals surface area (Å²) in [5.74, 6) is -1.51. The quantitative estimate of drug-likeness (QED) is 0.860. The monoisotopic (exact) mass is 280 g/mol. The third-order valence-corrected chi connectivity index (χ3v) is 3.29. The van der Waals surface area contributed by atoms with Gasteiger partial charge in [-0.15, -0.1) is 0 Å². The molecule has 4 nitrogen and oxygen atoms in total. The Labute approximate surface area is 100 Å². The number of rotatable bonds is 3. The van der Waals surface area contributed by atoms with Gasteiger partial charge in [0.1, 0.15) is 0 Å². The highest BCUT2D eigenvalue weighted by atomic mass is 32.2. The Morgan fingerprint density at radius 3 is 2.39 bits per heavy atom. The van der Waals surface area contributed by atoms with Crippen molar-refractivity contribution < 1.29 is 31.5 Å². The van der Waals surface area contributed by atoms with Gasteiger partial charge in [0, 0.05) is 11.5 Å². The average Bonchev–Trinajstić information content (AvgIpc) is 2.26. The van der Waals surface area contributed by atoms with Crippen molar-refractivity contribution >= 4 is 15.8 Å². The summed E-state index contributed by atoms with van der Waals surface area (Å²) < 4.78 is 60.1. The summed E-state index contributed by atoms with van der Waals surface area (Å²) in [6, 6.07) is 3.06. The predicted molar refractivity (Wildman–Crippen MR) is 55.4 cm³/mol. The minimum Gasteiger partial charge on any atom is -0.478 e. The van der Waals surface area contributed by atoms with Crippen molar-refractivity contribution in [3.05, 3.63) is 41.3 Å². The zero-order valence-electron chi connectivity index (χ0n) is 8.68. The van der Waals surface area contributed by atoms with Crippen LogP contribution in [-0.4, -0.2) is 19.5 Å². The first-order chi connectivity index (χ1) is 8.13. The Bertz CT molecular complexity index is 587. The lowest BCUT2D eigenvalue weighted by atomic mass is 10.2. The third-order valence-electron chi connectivity index (χ3n) is 1.88. The fourth-order valence-corrected chi connectivity index (χ4v) is 2.09. The van der Waals surface area contributed by atoms with E-state index in [9.17, 15) is 26.4 Å². The van der Waals surface area contributed by atoms with E-state index in [1.807, 2.05) is 0 Å². The van der Waals surface area contributed by atoms with E-state index in [1.54, 1.807) is 0 Å². The van der Waals surface area contributed by atoms with E-state index >= 15 is 0 Å². The molecule has 0 saturated carbocycles. The van der Waals surface area contributed by atoms with E-state index < -0.39 is 32.4 Å². The number of hydrogen-bond acceptors (Lipinski definition) is 3. The van der Waals surface area contributed by atoms with Crippen LogP contribution in [0.4, 0.5) is 13.2 Å². The zero-order chi connectivity index (χ0) is 14.0. The second-order valence-corrected chi connectivity index (χ2v) is 5.05. The predicted octanol–water partition coefficient (Wildman–Crippen LogP) is 2.08. The van der Waals surface area contributed by atoms with E-state index in [0.29, 0.717) is 17.6 Å². The van der Waals surface area contributed by atoms with Gasteiger partial charge in [-0.05, 0) is 18.2 Å². The zero-order valence-corrected chi connectivity index (χ0v) is 9.49. The second kappa shape index (κ2) is 4.81. The number of aliphatic carboxylic acids is 1. The van der Waals surface area contributed by atoms with E-state index in [4.69, 9.17) is 5.11 Å². The number of halogens is 3. The Hall–Kier alpha value is -1.83. The Morgan fingerprint density at radius 2 is 1.89 bits per heavy atom. The maximum atomic E-state index is 12.4. The van der Waals surface area contributed by atoms with Crippen LogP contribution < -0.4 is 0 Å². The standard InChI is InChI=1S/C10H7F3O4S/c11-10(12,13)7-2-1-3-8(6-7)18(16,17)5-4-9(14)15/h1-6H,(H,14,15)/b5-4+. The lowest BCUT2D eigenvalue weighted by Gasteiger charge is -2.07. The molecular weight excluding hydrogens is 273 g/mol. The van der Waals surface area contributed by atoms with Crippen LogP contribution in [0, 0.1) is 0 Å². The third kappa shape index (κ3) is 3.59. The van der Waals surface area contributed by atoms with E-state index in [2.05, 4.69) is 0 Å².